The summed E-state index contributed by atoms with van der Waals surface area (Å²) in [7, 11) is 2.28. The van der Waals surface area contributed by atoms with Crippen LogP contribution in [-0.4, -0.2) is 70.5 Å². The molecule has 3 aromatic rings. The fourth-order valence-electron chi connectivity index (χ4n) is 6.10. The average Bonchev–Trinajstić information content (AvgIpc) is 2.93. The normalized spacial score (nSPS) is 22.2. The molecule has 0 amide bonds. The molecule has 210 valence electrons. The number of nitrogens with zero attached hydrogens (tertiary/aromatic N) is 2. The molecule has 39 heavy (non-hydrogen) atoms. The SMILES string of the molecule is COc1ccc(N(C)C)cc1CN[C@H]1C2CCN(CC2)[C@H]1C(c1ccccc1)c1ccccc1.CS(=O)(=O)O. The van der Waals surface area contributed by atoms with Gasteiger partial charge in [0.05, 0.1) is 13.4 Å². The summed E-state index contributed by atoms with van der Waals surface area (Å²) in [4.78, 5) is 4.90. The first-order valence-corrected chi connectivity index (χ1v) is 15.3. The summed E-state index contributed by atoms with van der Waals surface area (Å²) >= 11 is 0. The minimum atomic E-state index is -3.67. The Morgan fingerprint density at radius 2 is 1.51 bits per heavy atom. The Hall–Kier alpha value is -2.91. The third kappa shape index (κ3) is 7.60. The first-order chi connectivity index (χ1) is 18.7. The number of piperidine rings is 3. The predicted molar refractivity (Wildman–Crippen MR) is 158 cm³/mol. The fraction of sp³-hybridized carbons (Fsp3) is 0.419. The molecule has 7 nitrogen and oxygen atoms in total. The number of methoxy groups -OCH3 is 1. The van der Waals surface area contributed by atoms with Gasteiger partial charge in [0.15, 0.2) is 0 Å². The second kappa shape index (κ2) is 13.0. The number of anilines is 1. The largest absolute Gasteiger partial charge is 0.496 e. The van der Waals surface area contributed by atoms with Gasteiger partial charge in [0.1, 0.15) is 5.75 Å². The van der Waals surface area contributed by atoms with E-state index in [0.29, 0.717) is 30.2 Å². The van der Waals surface area contributed by atoms with Crippen LogP contribution in [0.3, 0.4) is 0 Å². The maximum atomic E-state index is 9.19. The van der Waals surface area contributed by atoms with Crippen LogP contribution in [0, 0.1) is 5.92 Å². The van der Waals surface area contributed by atoms with Crippen molar-refractivity contribution >= 4 is 15.8 Å². The lowest BCUT2D eigenvalue weighted by molar-refractivity contribution is 0.00462. The fourth-order valence-corrected chi connectivity index (χ4v) is 6.10. The minimum Gasteiger partial charge on any atom is -0.496 e. The van der Waals surface area contributed by atoms with Gasteiger partial charge < -0.3 is 15.0 Å². The number of nitrogens with one attached hydrogen (secondary N) is 1. The highest BCUT2D eigenvalue weighted by Crippen LogP contribution is 2.42. The molecular weight excluding hydrogens is 510 g/mol. The first kappa shape index (κ1) is 29.1. The summed E-state index contributed by atoms with van der Waals surface area (Å²) < 4.78 is 31.6. The second-order valence-corrected chi connectivity index (χ2v) is 12.2. The van der Waals surface area contributed by atoms with E-state index in [4.69, 9.17) is 9.29 Å². The standard InChI is InChI=1S/C30H37N3O.CH4O3S/c1-32(2)26-14-15-27(34-3)25(20-26)21-31-29-24-16-18-33(19-17-24)30(29)28(22-10-6-4-7-11-22)23-12-8-5-9-13-23;1-5(2,3)4/h4-15,20,24,28-31H,16-19,21H2,1-3H3;1H3,(H,2,3,4)/t29-,30-;/m0./s1. The Kier molecular flexibility index (Phi) is 9.67. The molecule has 2 bridgehead atoms. The third-order valence-electron chi connectivity index (χ3n) is 7.84. The molecule has 6 rings (SSSR count). The van der Waals surface area contributed by atoms with E-state index in [1.807, 2.05) is 0 Å². The van der Waals surface area contributed by atoms with Crippen LogP contribution in [0.25, 0.3) is 0 Å². The second-order valence-electron chi connectivity index (χ2n) is 10.7. The van der Waals surface area contributed by atoms with Crippen LogP contribution in [0.4, 0.5) is 5.69 Å². The summed E-state index contributed by atoms with van der Waals surface area (Å²) in [5.41, 5.74) is 5.24. The minimum absolute atomic E-state index is 0.345. The smallest absolute Gasteiger partial charge is 0.261 e. The van der Waals surface area contributed by atoms with Gasteiger partial charge in [-0.25, -0.2) is 0 Å². The monoisotopic (exact) mass is 551 g/mol. The van der Waals surface area contributed by atoms with Crippen molar-refractivity contribution in [3.63, 3.8) is 0 Å². The number of benzene rings is 3. The van der Waals surface area contributed by atoms with Crippen molar-refractivity contribution in [3.05, 3.63) is 95.6 Å². The molecule has 0 spiro atoms. The van der Waals surface area contributed by atoms with Crippen molar-refractivity contribution in [1.82, 2.24) is 10.2 Å². The van der Waals surface area contributed by atoms with E-state index >= 15 is 0 Å². The summed E-state index contributed by atoms with van der Waals surface area (Å²) in [5, 5.41) is 4.04. The van der Waals surface area contributed by atoms with Gasteiger partial charge >= 0.3 is 0 Å². The molecule has 2 atom stereocenters. The predicted octanol–water partition coefficient (Wildman–Crippen LogP) is 4.65. The van der Waals surface area contributed by atoms with Crippen molar-refractivity contribution in [2.75, 3.05) is 45.5 Å². The van der Waals surface area contributed by atoms with Gasteiger partial charge in [0.2, 0.25) is 0 Å². The Balaban J connectivity index is 0.000000648. The molecule has 0 saturated carbocycles. The topological polar surface area (TPSA) is 82.1 Å². The van der Waals surface area contributed by atoms with Gasteiger partial charge in [-0.05, 0) is 61.2 Å². The zero-order valence-corrected chi connectivity index (χ0v) is 24.1. The van der Waals surface area contributed by atoms with Crippen LogP contribution in [0.1, 0.15) is 35.4 Å². The van der Waals surface area contributed by atoms with E-state index in [2.05, 4.69) is 108 Å². The van der Waals surface area contributed by atoms with Gasteiger partial charge in [0.25, 0.3) is 10.1 Å². The van der Waals surface area contributed by atoms with Gasteiger partial charge in [-0.1, -0.05) is 60.7 Å². The third-order valence-corrected chi connectivity index (χ3v) is 7.84. The molecule has 8 heteroatoms. The highest BCUT2D eigenvalue weighted by Gasteiger charge is 2.46. The average molecular weight is 552 g/mol. The van der Waals surface area contributed by atoms with Crippen molar-refractivity contribution < 1.29 is 17.7 Å². The van der Waals surface area contributed by atoms with Gasteiger partial charge in [-0.3, -0.25) is 9.45 Å². The van der Waals surface area contributed by atoms with Crippen molar-refractivity contribution in [2.45, 2.75) is 37.4 Å². The summed E-state index contributed by atoms with van der Waals surface area (Å²) in [6.45, 7) is 3.21. The van der Waals surface area contributed by atoms with E-state index in [0.717, 1.165) is 12.3 Å². The molecule has 3 aromatic carbocycles. The Labute approximate surface area is 233 Å². The van der Waals surface area contributed by atoms with E-state index < -0.39 is 10.1 Å². The van der Waals surface area contributed by atoms with Gasteiger partial charge in [-0.15, -0.1) is 0 Å². The van der Waals surface area contributed by atoms with Crippen LogP contribution in [0.2, 0.25) is 0 Å². The number of fused-ring (bicyclic) bond motifs is 3. The summed E-state index contributed by atoms with van der Waals surface area (Å²) in [5.74, 6) is 2.00. The molecule has 3 aliphatic heterocycles. The maximum Gasteiger partial charge on any atom is 0.261 e. The van der Waals surface area contributed by atoms with Crippen LogP contribution in [0.5, 0.6) is 5.75 Å². The van der Waals surface area contributed by atoms with Crippen LogP contribution < -0.4 is 15.0 Å². The molecule has 3 fully saturated rings. The van der Waals surface area contributed by atoms with Crippen molar-refractivity contribution in [1.29, 1.82) is 0 Å². The Morgan fingerprint density at radius 3 is 2.00 bits per heavy atom. The number of ether oxygens (including phenoxy) is 1. The molecule has 0 aliphatic carbocycles. The molecule has 3 aliphatic rings. The van der Waals surface area contributed by atoms with E-state index in [1.54, 1.807) is 7.11 Å². The summed E-state index contributed by atoms with van der Waals surface area (Å²) in [6.07, 6.45) is 3.27. The molecule has 3 saturated heterocycles. The van der Waals surface area contributed by atoms with Crippen molar-refractivity contribution in [3.8, 4) is 5.75 Å². The highest BCUT2D eigenvalue weighted by atomic mass is 32.2. The van der Waals surface area contributed by atoms with Crippen molar-refractivity contribution in [2.24, 2.45) is 5.92 Å². The highest BCUT2D eigenvalue weighted by molar-refractivity contribution is 7.85. The lowest BCUT2D eigenvalue weighted by atomic mass is 9.70. The van der Waals surface area contributed by atoms with Crippen LogP contribution >= 0.6 is 0 Å². The number of rotatable bonds is 8. The lowest BCUT2D eigenvalue weighted by Crippen LogP contribution is -2.64. The molecule has 3 heterocycles. The summed E-state index contributed by atoms with van der Waals surface area (Å²) in [6, 6.07) is 29.5. The van der Waals surface area contributed by atoms with Gasteiger partial charge in [-0.2, -0.15) is 8.42 Å². The van der Waals surface area contributed by atoms with Crippen LogP contribution in [-0.2, 0) is 16.7 Å². The molecule has 0 aromatic heterocycles. The molecular formula is C31H41N3O4S. The molecule has 0 radical (unpaired) electrons. The number of hydrogen-bond donors (Lipinski definition) is 2. The quantitative estimate of drug-likeness (QED) is 0.395. The number of hydrogen-bond acceptors (Lipinski definition) is 6. The van der Waals surface area contributed by atoms with Crippen LogP contribution in [0.15, 0.2) is 78.9 Å². The van der Waals surface area contributed by atoms with Gasteiger partial charge in [0, 0.05) is 49.9 Å². The first-order valence-electron chi connectivity index (χ1n) is 13.5. The molecule has 2 N–H and O–H groups in total. The Morgan fingerprint density at radius 1 is 0.974 bits per heavy atom. The zero-order chi connectivity index (χ0) is 28.0. The Bertz CT molecular complexity index is 1250. The van der Waals surface area contributed by atoms with E-state index in [9.17, 15) is 8.42 Å². The maximum absolute atomic E-state index is 9.19. The lowest BCUT2D eigenvalue weighted by Gasteiger charge is -2.54. The van der Waals surface area contributed by atoms with E-state index in [1.165, 1.54) is 48.3 Å². The zero-order valence-electron chi connectivity index (χ0n) is 23.3. The molecule has 0 unspecified atom stereocenters. The van der Waals surface area contributed by atoms with E-state index in [-0.39, 0.29) is 0 Å².